The standard InChI is InChI=1S/C19H23FN2O3S/c1-4-19(2,3)21-18(23)14-22(17-13-9-8-12-16(17)20)26(24,25)15-10-6-5-7-11-15/h5-13H,4,14H2,1-3H3,(H,21,23). The monoisotopic (exact) mass is 378 g/mol. The smallest absolute Gasteiger partial charge is 0.264 e. The Morgan fingerprint density at radius 2 is 1.65 bits per heavy atom. The van der Waals surface area contributed by atoms with E-state index < -0.39 is 33.8 Å². The molecular formula is C19H23FN2O3S. The molecule has 0 aliphatic carbocycles. The maximum Gasteiger partial charge on any atom is 0.264 e. The van der Waals surface area contributed by atoms with Crippen molar-refractivity contribution in [2.45, 2.75) is 37.6 Å². The van der Waals surface area contributed by atoms with E-state index in [4.69, 9.17) is 0 Å². The van der Waals surface area contributed by atoms with Crippen molar-refractivity contribution in [1.29, 1.82) is 0 Å². The predicted molar refractivity (Wildman–Crippen MR) is 99.9 cm³/mol. The van der Waals surface area contributed by atoms with Gasteiger partial charge in [0, 0.05) is 5.54 Å². The highest BCUT2D eigenvalue weighted by Gasteiger charge is 2.30. The van der Waals surface area contributed by atoms with Crippen molar-refractivity contribution in [2.75, 3.05) is 10.8 Å². The first kappa shape index (κ1) is 19.9. The van der Waals surface area contributed by atoms with Crippen molar-refractivity contribution in [2.24, 2.45) is 0 Å². The second-order valence-electron chi connectivity index (χ2n) is 6.56. The largest absolute Gasteiger partial charge is 0.350 e. The van der Waals surface area contributed by atoms with E-state index >= 15 is 0 Å². The van der Waals surface area contributed by atoms with Gasteiger partial charge in [-0.15, -0.1) is 0 Å². The maximum absolute atomic E-state index is 14.3. The average Bonchev–Trinajstić information content (AvgIpc) is 2.61. The Morgan fingerprint density at radius 3 is 2.23 bits per heavy atom. The fraction of sp³-hybridized carbons (Fsp3) is 0.316. The third-order valence-corrected chi connectivity index (χ3v) is 5.88. The van der Waals surface area contributed by atoms with E-state index in [1.807, 2.05) is 20.8 Å². The van der Waals surface area contributed by atoms with Gasteiger partial charge in [-0.3, -0.25) is 9.10 Å². The highest BCUT2D eigenvalue weighted by molar-refractivity contribution is 7.92. The normalized spacial score (nSPS) is 11.8. The van der Waals surface area contributed by atoms with Crippen molar-refractivity contribution >= 4 is 21.6 Å². The molecule has 0 atom stereocenters. The number of para-hydroxylation sites is 1. The molecule has 0 saturated carbocycles. The lowest BCUT2D eigenvalue weighted by Crippen LogP contribution is -2.48. The number of nitrogens with zero attached hydrogens (tertiary/aromatic N) is 1. The lowest BCUT2D eigenvalue weighted by Gasteiger charge is -2.28. The molecular weight excluding hydrogens is 355 g/mol. The van der Waals surface area contributed by atoms with E-state index in [1.54, 1.807) is 18.2 Å². The van der Waals surface area contributed by atoms with Gasteiger partial charge in [0.2, 0.25) is 5.91 Å². The van der Waals surface area contributed by atoms with Crippen molar-refractivity contribution in [1.82, 2.24) is 5.32 Å². The lowest BCUT2D eigenvalue weighted by atomic mass is 10.0. The first-order valence-corrected chi connectivity index (χ1v) is 9.75. The third kappa shape index (κ3) is 4.60. The van der Waals surface area contributed by atoms with Crippen LogP contribution in [0.15, 0.2) is 59.5 Å². The minimum absolute atomic E-state index is 0.00851. The highest BCUT2D eigenvalue weighted by Crippen LogP contribution is 2.26. The zero-order chi connectivity index (χ0) is 19.4. The van der Waals surface area contributed by atoms with Crippen LogP contribution in [0.4, 0.5) is 10.1 Å². The van der Waals surface area contributed by atoms with Gasteiger partial charge in [0.25, 0.3) is 10.0 Å². The van der Waals surface area contributed by atoms with Crippen LogP contribution < -0.4 is 9.62 Å². The van der Waals surface area contributed by atoms with Gasteiger partial charge in [-0.05, 0) is 44.5 Å². The van der Waals surface area contributed by atoms with Crippen LogP contribution in [0.25, 0.3) is 0 Å². The second-order valence-corrected chi connectivity index (χ2v) is 8.42. The van der Waals surface area contributed by atoms with Crippen LogP contribution in [-0.2, 0) is 14.8 Å². The molecule has 0 fully saturated rings. The summed E-state index contributed by atoms with van der Waals surface area (Å²) in [7, 11) is -4.10. The van der Waals surface area contributed by atoms with Crippen molar-refractivity contribution in [3.63, 3.8) is 0 Å². The zero-order valence-corrected chi connectivity index (χ0v) is 15.9. The van der Waals surface area contributed by atoms with Crippen LogP contribution in [0, 0.1) is 5.82 Å². The summed E-state index contributed by atoms with van der Waals surface area (Å²) in [5, 5.41) is 2.78. The van der Waals surface area contributed by atoms with Gasteiger partial charge in [-0.1, -0.05) is 37.3 Å². The Labute approximate surface area is 153 Å². The molecule has 0 heterocycles. The quantitative estimate of drug-likeness (QED) is 0.804. The number of anilines is 1. The molecule has 0 spiro atoms. The molecule has 0 aliphatic heterocycles. The summed E-state index contributed by atoms with van der Waals surface area (Å²) in [5.41, 5.74) is -0.657. The Morgan fingerprint density at radius 1 is 1.08 bits per heavy atom. The number of rotatable bonds is 7. The number of halogens is 1. The van der Waals surface area contributed by atoms with E-state index in [0.717, 1.165) is 10.4 Å². The number of nitrogens with one attached hydrogen (secondary N) is 1. The van der Waals surface area contributed by atoms with Gasteiger partial charge in [0.05, 0.1) is 10.6 Å². The molecule has 1 N–H and O–H groups in total. The molecule has 0 aromatic heterocycles. The Bertz CT molecular complexity index is 867. The minimum atomic E-state index is -4.10. The van der Waals surface area contributed by atoms with Crippen molar-refractivity contribution in [3.05, 3.63) is 60.4 Å². The summed E-state index contributed by atoms with van der Waals surface area (Å²) >= 11 is 0. The van der Waals surface area contributed by atoms with E-state index in [-0.39, 0.29) is 10.6 Å². The minimum Gasteiger partial charge on any atom is -0.350 e. The molecule has 0 aliphatic rings. The van der Waals surface area contributed by atoms with Crippen LogP contribution in [0.2, 0.25) is 0 Å². The summed E-state index contributed by atoms with van der Waals surface area (Å²) in [4.78, 5) is 12.4. The number of hydrogen-bond donors (Lipinski definition) is 1. The van der Waals surface area contributed by atoms with Crippen LogP contribution in [0.1, 0.15) is 27.2 Å². The van der Waals surface area contributed by atoms with Gasteiger partial charge < -0.3 is 5.32 Å². The molecule has 0 bridgehead atoms. The predicted octanol–water partition coefficient (Wildman–Crippen LogP) is 3.33. The Hall–Kier alpha value is -2.41. The number of carbonyl (C=O) groups is 1. The molecule has 26 heavy (non-hydrogen) atoms. The number of sulfonamides is 1. The van der Waals surface area contributed by atoms with Gasteiger partial charge in [0.1, 0.15) is 12.4 Å². The van der Waals surface area contributed by atoms with Gasteiger partial charge >= 0.3 is 0 Å². The first-order chi connectivity index (χ1) is 12.2. The third-order valence-electron chi connectivity index (χ3n) is 4.10. The summed E-state index contributed by atoms with van der Waals surface area (Å²) < 4.78 is 41.2. The Balaban J connectivity index is 2.44. The molecule has 140 valence electrons. The second kappa shape index (κ2) is 7.86. The fourth-order valence-corrected chi connectivity index (χ4v) is 3.76. The number of carbonyl (C=O) groups excluding carboxylic acids is 1. The van der Waals surface area contributed by atoms with E-state index in [9.17, 15) is 17.6 Å². The van der Waals surface area contributed by atoms with Gasteiger partial charge in [-0.2, -0.15) is 0 Å². The molecule has 0 radical (unpaired) electrons. The van der Waals surface area contributed by atoms with Gasteiger partial charge in [-0.25, -0.2) is 12.8 Å². The van der Waals surface area contributed by atoms with E-state index in [2.05, 4.69) is 5.32 Å². The molecule has 2 aromatic rings. The Kier molecular flexibility index (Phi) is 6.02. The number of amides is 1. The fourth-order valence-electron chi connectivity index (χ4n) is 2.31. The summed E-state index contributed by atoms with van der Waals surface area (Å²) in [5.74, 6) is -1.21. The van der Waals surface area contributed by atoms with Crippen LogP contribution in [0.3, 0.4) is 0 Å². The van der Waals surface area contributed by atoms with E-state index in [0.29, 0.717) is 6.42 Å². The topological polar surface area (TPSA) is 66.5 Å². The van der Waals surface area contributed by atoms with Crippen LogP contribution >= 0.6 is 0 Å². The van der Waals surface area contributed by atoms with E-state index in [1.165, 1.54) is 30.3 Å². The SMILES string of the molecule is CCC(C)(C)NC(=O)CN(c1ccccc1F)S(=O)(=O)c1ccccc1. The van der Waals surface area contributed by atoms with Crippen LogP contribution in [0.5, 0.6) is 0 Å². The lowest BCUT2D eigenvalue weighted by molar-refractivity contribution is -0.121. The zero-order valence-electron chi connectivity index (χ0n) is 15.1. The molecule has 5 nitrogen and oxygen atoms in total. The summed E-state index contributed by atoms with van der Waals surface area (Å²) in [6.07, 6.45) is 0.671. The molecule has 2 aromatic carbocycles. The maximum atomic E-state index is 14.3. The number of hydrogen-bond acceptors (Lipinski definition) is 3. The van der Waals surface area contributed by atoms with Gasteiger partial charge in [0.15, 0.2) is 0 Å². The summed E-state index contributed by atoms with van der Waals surface area (Å²) in [6.45, 7) is 5.07. The molecule has 0 unspecified atom stereocenters. The summed E-state index contributed by atoms with van der Waals surface area (Å²) in [6, 6.07) is 13.2. The molecule has 7 heteroatoms. The highest BCUT2D eigenvalue weighted by atomic mass is 32.2. The first-order valence-electron chi connectivity index (χ1n) is 8.31. The molecule has 2 rings (SSSR count). The van der Waals surface area contributed by atoms with Crippen LogP contribution in [-0.4, -0.2) is 26.4 Å². The average molecular weight is 378 g/mol. The molecule has 0 saturated heterocycles. The molecule has 1 amide bonds. The van der Waals surface area contributed by atoms with Crippen molar-refractivity contribution < 1.29 is 17.6 Å². The van der Waals surface area contributed by atoms with Crippen molar-refractivity contribution in [3.8, 4) is 0 Å². The number of benzene rings is 2.